The van der Waals surface area contributed by atoms with E-state index in [1.807, 2.05) is 25.1 Å². The van der Waals surface area contributed by atoms with Crippen molar-refractivity contribution in [3.05, 3.63) is 60.2 Å². The van der Waals surface area contributed by atoms with E-state index in [0.29, 0.717) is 26.1 Å². The zero-order chi connectivity index (χ0) is 20.9. The molecule has 0 saturated heterocycles. The van der Waals surface area contributed by atoms with Gasteiger partial charge in [0.05, 0.1) is 6.20 Å². The fourth-order valence-electron chi connectivity index (χ4n) is 2.97. The highest BCUT2D eigenvalue weighted by Crippen LogP contribution is 2.06. The van der Waals surface area contributed by atoms with Crippen molar-refractivity contribution in [2.75, 3.05) is 26.8 Å². The maximum Gasteiger partial charge on any atom is 0.274 e. The third-order valence-electron chi connectivity index (χ3n) is 4.57. The fraction of sp³-hybridized carbons (Fsp3) is 0.455. The Bertz CT molecular complexity index is 740. The number of benzene rings is 1. The predicted octanol–water partition coefficient (Wildman–Crippen LogP) is 2.48. The van der Waals surface area contributed by atoms with Crippen LogP contribution in [0.3, 0.4) is 0 Å². The van der Waals surface area contributed by atoms with E-state index in [-0.39, 0.29) is 30.0 Å². The number of nitrogens with one attached hydrogen (secondary N) is 1. The number of hydrogen-bond donors (Lipinski definition) is 1. The lowest BCUT2D eigenvalue weighted by atomic mass is 10.1. The minimum Gasteiger partial charge on any atom is -0.385 e. The lowest BCUT2D eigenvalue weighted by molar-refractivity contribution is -0.121. The Kier molecular flexibility index (Phi) is 9.78. The molecule has 1 N–H and O–H groups in total. The molecule has 0 saturated carbocycles. The zero-order valence-electron chi connectivity index (χ0n) is 17.2. The molecule has 2 rings (SSSR count). The van der Waals surface area contributed by atoms with Crippen molar-refractivity contribution in [1.29, 1.82) is 0 Å². The summed E-state index contributed by atoms with van der Waals surface area (Å²) in [5.74, 6) is -0.284. The van der Waals surface area contributed by atoms with Crippen molar-refractivity contribution in [1.82, 2.24) is 20.2 Å². The zero-order valence-corrected chi connectivity index (χ0v) is 17.2. The summed E-state index contributed by atoms with van der Waals surface area (Å²) in [6.45, 7) is 3.38. The Morgan fingerprint density at radius 3 is 2.66 bits per heavy atom. The van der Waals surface area contributed by atoms with E-state index >= 15 is 0 Å². The largest absolute Gasteiger partial charge is 0.385 e. The molecule has 1 aromatic heterocycles. The number of methoxy groups -OCH3 is 1. The summed E-state index contributed by atoms with van der Waals surface area (Å²) in [5, 5.41) is 3.02. The first-order valence-corrected chi connectivity index (χ1v) is 9.97. The van der Waals surface area contributed by atoms with Crippen LogP contribution in [0.1, 0.15) is 42.2 Å². The van der Waals surface area contributed by atoms with Gasteiger partial charge in [0.2, 0.25) is 5.91 Å². The number of aromatic nitrogens is 2. The van der Waals surface area contributed by atoms with Crippen molar-refractivity contribution in [2.45, 2.75) is 38.6 Å². The summed E-state index contributed by atoms with van der Waals surface area (Å²) in [6, 6.07) is 10.3. The lowest BCUT2D eigenvalue weighted by Crippen LogP contribution is -2.39. The first kappa shape index (κ1) is 22.5. The van der Waals surface area contributed by atoms with Crippen molar-refractivity contribution in [3.63, 3.8) is 0 Å². The van der Waals surface area contributed by atoms with Gasteiger partial charge in [-0.15, -0.1) is 0 Å². The van der Waals surface area contributed by atoms with Crippen molar-refractivity contribution in [2.24, 2.45) is 0 Å². The van der Waals surface area contributed by atoms with E-state index in [4.69, 9.17) is 4.74 Å². The van der Waals surface area contributed by atoms with Gasteiger partial charge in [0.15, 0.2) is 0 Å². The second-order valence-electron chi connectivity index (χ2n) is 6.97. The molecule has 0 unspecified atom stereocenters. The number of nitrogens with zero attached hydrogens (tertiary/aromatic N) is 3. The van der Waals surface area contributed by atoms with Gasteiger partial charge in [-0.2, -0.15) is 0 Å². The number of carbonyl (C=O) groups excluding carboxylic acids is 2. The summed E-state index contributed by atoms with van der Waals surface area (Å²) in [4.78, 5) is 34.7. The highest BCUT2D eigenvalue weighted by molar-refractivity contribution is 5.92. The van der Waals surface area contributed by atoms with Crippen LogP contribution in [0.4, 0.5) is 0 Å². The van der Waals surface area contributed by atoms with Gasteiger partial charge in [0, 0.05) is 51.7 Å². The molecule has 0 radical (unpaired) electrons. The highest BCUT2D eigenvalue weighted by Gasteiger charge is 2.18. The summed E-state index contributed by atoms with van der Waals surface area (Å²) < 4.78 is 5.07. The Labute approximate surface area is 172 Å². The standard InChI is InChI=1S/C22H30N4O3/c1-18(9-10-19-7-4-3-5-8-19)25-21(27)11-15-26(14-6-16-29-2)22(28)20-17-23-12-13-24-20/h3-5,7-8,12-13,17-18H,6,9-11,14-16H2,1-2H3,(H,25,27)/t18-/m1/s1. The Morgan fingerprint density at radius 2 is 1.97 bits per heavy atom. The van der Waals surface area contributed by atoms with Crippen molar-refractivity contribution < 1.29 is 14.3 Å². The summed E-state index contributed by atoms with van der Waals surface area (Å²) >= 11 is 0. The van der Waals surface area contributed by atoms with E-state index in [1.165, 1.54) is 24.2 Å². The average Bonchev–Trinajstić information content (AvgIpc) is 2.75. The first-order chi connectivity index (χ1) is 14.1. The molecular weight excluding hydrogens is 368 g/mol. The second kappa shape index (κ2) is 12.6. The van der Waals surface area contributed by atoms with Crippen LogP contribution in [0.25, 0.3) is 0 Å². The van der Waals surface area contributed by atoms with Gasteiger partial charge in [0.25, 0.3) is 5.91 Å². The van der Waals surface area contributed by atoms with Crippen LogP contribution in [0.5, 0.6) is 0 Å². The topological polar surface area (TPSA) is 84.4 Å². The molecule has 7 nitrogen and oxygen atoms in total. The molecule has 7 heteroatoms. The van der Waals surface area contributed by atoms with Gasteiger partial charge in [-0.05, 0) is 31.7 Å². The summed E-state index contributed by atoms with van der Waals surface area (Å²) in [5.41, 5.74) is 1.54. The molecule has 1 atom stereocenters. The van der Waals surface area contributed by atoms with Crippen LogP contribution in [0.15, 0.2) is 48.9 Å². The normalized spacial score (nSPS) is 11.7. The minimum atomic E-state index is -0.223. The van der Waals surface area contributed by atoms with E-state index in [0.717, 1.165) is 12.8 Å². The summed E-state index contributed by atoms with van der Waals surface area (Å²) in [7, 11) is 1.62. The maximum atomic E-state index is 12.7. The van der Waals surface area contributed by atoms with Gasteiger partial charge in [-0.3, -0.25) is 14.6 Å². The van der Waals surface area contributed by atoms with Crippen molar-refractivity contribution >= 4 is 11.8 Å². The van der Waals surface area contributed by atoms with E-state index in [9.17, 15) is 9.59 Å². The number of carbonyl (C=O) groups is 2. The monoisotopic (exact) mass is 398 g/mol. The number of rotatable bonds is 12. The van der Waals surface area contributed by atoms with E-state index < -0.39 is 0 Å². The van der Waals surface area contributed by atoms with Crippen LogP contribution in [-0.4, -0.2) is 59.5 Å². The quantitative estimate of drug-likeness (QED) is 0.555. The Hall–Kier alpha value is -2.80. The van der Waals surface area contributed by atoms with Crippen LogP contribution < -0.4 is 5.32 Å². The van der Waals surface area contributed by atoms with Crippen LogP contribution in [-0.2, 0) is 16.0 Å². The van der Waals surface area contributed by atoms with Gasteiger partial charge >= 0.3 is 0 Å². The van der Waals surface area contributed by atoms with Crippen LogP contribution in [0, 0.1) is 0 Å². The third-order valence-corrected chi connectivity index (χ3v) is 4.57. The molecule has 0 aliphatic heterocycles. The van der Waals surface area contributed by atoms with Gasteiger partial charge in [-0.1, -0.05) is 30.3 Å². The van der Waals surface area contributed by atoms with Crippen LogP contribution >= 0.6 is 0 Å². The van der Waals surface area contributed by atoms with Crippen molar-refractivity contribution in [3.8, 4) is 0 Å². The molecule has 0 aliphatic carbocycles. The number of hydrogen-bond acceptors (Lipinski definition) is 5. The maximum absolute atomic E-state index is 12.7. The van der Waals surface area contributed by atoms with E-state index in [2.05, 4.69) is 27.4 Å². The number of amides is 2. The smallest absolute Gasteiger partial charge is 0.274 e. The highest BCUT2D eigenvalue weighted by atomic mass is 16.5. The molecule has 1 aromatic carbocycles. The molecule has 0 spiro atoms. The van der Waals surface area contributed by atoms with Gasteiger partial charge < -0.3 is 15.0 Å². The average molecular weight is 399 g/mol. The predicted molar refractivity (Wildman–Crippen MR) is 111 cm³/mol. The van der Waals surface area contributed by atoms with Gasteiger partial charge in [-0.25, -0.2) is 4.98 Å². The summed E-state index contributed by atoms with van der Waals surface area (Å²) in [6.07, 6.45) is 7.17. The minimum absolute atomic E-state index is 0.0609. The Balaban J connectivity index is 1.81. The number of aryl methyl sites for hydroxylation is 1. The molecule has 0 fully saturated rings. The molecule has 2 amide bonds. The second-order valence-corrected chi connectivity index (χ2v) is 6.97. The van der Waals surface area contributed by atoms with Gasteiger partial charge in [0.1, 0.15) is 5.69 Å². The SMILES string of the molecule is COCCCN(CCC(=O)N[C@H](C)CCc1ccccc1)C(=O)c1cnccn1. The number of ether oxygens (including phenoxy) is 1. The molecule has 1 heterocycles. The lowest BCUT2D eigenvalue weighted by Gasteiger charge is -2.22. The van der Waals surface area contributed by atoms with E-state index in [1.54, 1.807) is 12.0 Å². The third kappa shape index (κ3) is 8.39. The molecular formula is C22H30N4O3. The molecule has 29 heavy (non-hydrogen) atoms. The molecule has 0 bridgehead atoms. The molecule has 0 aliphatic rings. The molecule has 156 valence electrons. The first-order valence-electron chi connectivity index (χ1n) is 9.97. The Morgan fingerprint density at radius 1 is 1.17 bits per heavy atom. The van der Waals surface area contributed by atoms with Crippen LogP contribution in [0.2, 0.25) is 0 Å². The fourth-order valence-corrected chi connectivity index (χ4v) is 2.97. The molecule has 2 aromatic rings.